The van der Waals surface area contributed by atoms with Crippen molar-refractivity contribution in [1.29, 1.82) is 0 Å². The summed E-state index contributed by atoms with van der Waals surface area (Å²) in [6.45, 7) is 4.45. The summed E-state index contributed by atoms with van der Waals surface area (Å²) >= 11 is 0. The summed E-state index contributed by atoms with van der Waals surface area (Å²) < 4.78 is 50.8. The highest BCUT2D eigenvalue weighted by molar-refractivity contribution is 7.85. The average Bonchev–Trinajstić information content (AvgIpc) is 2.94. The van der Waals surface area contributed by atoms with E-state index in [0.29, 0.717) is 5.39 Å². The SMILES string of the molecule is CCCCCCCCCCCCCCCCC(CCCCCCC)C(F)c1c(S(=O)(=O)O)ccc2ccccc12. The largest absolute Gasteiger partial charge is 0.294 e. The molecule has 0 saturated carbocycles. The van der Waals surface area contributed by atoms with Gasteiger partial charge in [0.15, 0.2) is 0 Å². The molecular weight excluding hydrogens is 519 g/mol. The third-order valence-electron chi connectivity index (χ3n) is 8.51. The molecular formula is C35H57FO3S. The average molecular weight is 577 g/mol. The molecule has 0 aromatic heterocycles. The van der Waals surface area contributed by atoms with Crippen LogP contribution >= 0.6 is 0 Å². The normalized spacial score (nSPS) is 13.6. The maximum absolute atomic E-state index is 16.4. The summed E-state index contributed by atoms with van der Waals surface area (Å²) in [6, 6.07) is 10.3. The predicted molar refractivity (Wildman–Crippen MR) is 169 cm³/mol. The molecule has 1 N–H and O–H groups in total. The number of hydrogen-bond acceptors (Lipinski definition) is 2. The van der Waals surface area contributed by atoms with Gasteiger partial charge in [-0.15, -0.1) is 0 Å². The second-order valence-electron chi connectivity index (χ2n) is 11.9. The Bertz CT molecular complexity index is 1040. The van der Waals surface area contributed by atoms with Crippen LogP contribution in [0.4, 0.5) is 4.39 Å². The van der Waals surface area contributed by atoms with Gasteiger partial charge in [-0.25, -0.2) is 4.39 Å². The molecule has 0 bridgehead atoms. The molecule has 5 heteroatoms. The van der Waals surface area contributed by atoms with E-state index in [0.717, 1.165) is 50.3 Å². The maximum atomic E-state index is 16.4. The maximum Gasteiger partial charge on any atom is 0.294 e. The van der Waals surface area contributed by atoms with Gasteiger partial charge in [0, 0.05) is 5.56 Å². The first-order chi connectivity index (χ1) is 19.4. The van der Waals surface area contributed by atoms with Crippen LogP contribution in [-0.4, -0.2) is 13.0 Å². The molecule has 40 heavy (non-hydrogen) atoms. The van der Waals surface area contributed by atoms with Gasteiger partial charge in [-0.3, -0.25) is 4.55 Å². The Balaban J connectivity index is 1.88. The van der Waals surface area contributed by atoms with E-state index in [-0.39, 0.29) is 16.4 Å². The Hall–Kier alpha value is -1.46. The molecule has 0 spiro atoms. The Kier molecular flexibility index (Phi) is 17.7. The molecule has 3 nitrogen and oxygen atoms in total. The lowest BCUT2D eigenvalue weighted by Crippen LogP contribution is -2.14. The van der Waals surface area contributed by atoms with Crippen molar-refractivity contribution < 1.29 is 17.4 Å². The summed E-state index contributed by atoms with van der Waals surface area (Å²) in [5, 5.41) is 1.38. The number of hydrogen-bond donors (Lipinski definition) is 1. The van der Waals surface area contributed by atoms with Crippen LogP contribution in [0.3, 0.4) is 0 Å². The zero-order valence-corrected chi connectivity index (χ0v) is 26.3. The second-order valence-corrected chi connectivity index (χ2v) is 13.3. The Morgan fingerprint density at radius 3 is 1.50 bits per heavy atom. The lowest BCUT2D eigenvalue weighted by atomic mass is 9.85. The number of unbranched alkanes of at least 4 members (excludes halogenated alkanes) is 17. The van der Waals surface area contributed by atoms with Crippen molar-refractivity contribution in [2.45, 2.75) is 160 Å². The third kappa shape index (κ3) is 13.0. The Morgan fingerprint density at radius 2 is 1.05 bits per heavy atom. The molecule has 2 atom stereocenters. The van der Waals surface area contributed by atoms with Crippen molar-refractivity contribution in [2.75, 3.05) is 0 Å². The minimum absolute atomic E-state index is 0.143. The van der Waals surface area contributed by atoms with Crippen LogP contribution in [0, 0.1) is 5.92 Å². The lowest BCUT2D eigenvalue weighted by Gasteiger charge is -2.24. The number of rotatable bonds is 24. The zero-order chi connectivity index (χ0) is 29.1. The molecule has 0 aliphatic rings. The first-order valence-electron chi connectivity index (χ1n) is 16.5. The molecule has 0 aliphatic heterocycles. The van der Waals surface area contributed by atoms with Crippen molar-refractivity contribution in [2.24, 2.45) is 5.92 Å². The molecule has 2 aromatic carbocycles. The van der Waals surface area contributed by atoms with Crippen LogP contribution in [0.2, 0.25) is 0 Å². The molecule has 0 saturated heterocycles. The summed E-state index contributed by atoms with van der Waals surface area (Å²) in [4.78, 5) is -0.282. The van der Waals surface area contributed by atoms with Crippen LogP contribution in [0.5, 0.6) is 0 Å². The van der Waals surface area contributed by atoms with E-state index in [1.165, 1.54) is 96.0 Å². The Labute approximate surface area is 245 Å². The van der Waals surface area contributed by atoms with Gasteiger partial charge < -0.3 is 0 Å². The molecule has 0 amide bonds. The summed E-state index contributed by atoms with van der Waals surface area (Å²) in [6.07, 6.45) is 23.7. The summed E-state index contributed by atoms with van der Waals surface area (Å²) in [7, 11) is -4.53. The smallest absolute Gasteiger partial charge is 0.282 e. The van der Waals surface area contributed by atoms with Crippen LogP contribution in [0.25, 0.3) is 10.8 Å². The third-order valence-corrected chi connectivity index (χ3v) is 9.42. The minimum Gasteiger partial charge on any atom is -0.282 e. The van der Waals surface area contributed by atoms with E-state index < -0.39 is 16.3 Å². The highest BCUT2D eigenvalue weighted by Gasteiger charge is 2.30. The van der Waals surface area contributed by atoms with Crippen molar-refractivity contribution >= 4 is 20.9 Å². The molecule has 0 radical (unpaired) electrons. The molecule has 0 fully saturated rings. The van der Waals surface area contributed by atoms with Crippen molar-refractivity contribution in [3.63, 3.8) is 0 Å². The second kappa shape index (κ2) is 20.4. The van der Waals surface area contributed by atoms with E-state index in [1.807, 2.05) is 12.1 Å². The number of benzene rings is 2. The monoisotopic (exact) mass is 576 g/mol. The van der Waals surface area contributed by atoms with Gasteiger partial charge in [0.05, 0.1) is 0 Å². The fraction of sp³-hybridized carbons (Fsp3) is 0.714. The highest BCUT2D eigenvalue weighted by atomic mass is 32.2. The summed E-state index contributed by atoms with van der Waals surface area (Å²) in [5.41, 5.74) is 0.143. The highest BCUT2D eigenvalue weighted by Crippen LogP contribution is 2.41. The number of halogens is 1. The van der Waals surface area contributed by atoms with Crippen LogP contribution < -0.4 is 0 Å². The summed E-state index contributed by atoms with van der Waals surface area (Å²) in [5.74, 6) is -0.245. The number of alkyl halides is 1. The van der Waals surface area contributed by atoms with E-state index in [2.05, 4.69) is 13.8 Å². The van der Waals surface area contributed by atoms with Crippen LogP contribution in [-0.2, 0) is 10.1 Å². The minimum atomic E-state index is -4.53. The van der Waals surface area contributed by atoms with Gasteiger partial charge in [-0.2, -0.15) is 8.42 Å². The van der Waals surface area contributed by atoms with Gasteiger partial charge in [0.25, 0.3) is 10.1 Å². The van der Waals surface area contributed by atoms with E-state index in [4.69, 9.17) is 0 Å². The van der Waals surface area contributed by atoms with Gasteiger partial charge >= 0.3 is 0 Å². The molecule has 228 valence electrons. The molecule has 2 unspecified atom stereocenters. The van der Waals surface area contributed by atoms with Crippen LogP contribution in [0.15, 0.2) is 41.3 Å². The van der Waals surface area contributed by atoms with Crippen molar-refractivity contribution in [3.8, 4) is 0 Å². The predicted octanol–water partition coefficient (Wildman–Crippen LogP) is 11.9. The van der Waals surface area contributed by atoms with Crippen LogP contribution in [0.1, 0.15) is 160 Å². The van der Waals surface area contributed by atoms with Crippen molar-refractivity contribution in [3.05, 3.63) is 42.0 Å². The van der Waals surface area contributed by atoms with Gasteiger partial charge in [-0.1, -0.05) is 166 Å². The molecule has 2 aromatic rings. The first kappa shape index (κ1) is 34.7. The topological polar surface area (TPSA) is 54.4 Å². The Morgan fingerprint density at radius 1 is 0.625 bits per heavy atom. The quantitative estimate of drug-likeness (QED) is 0.0998. The molecule has 0 aliphatic carbocycles. The number of fused-ring (bicyclic) bond motifs is 1. The van der Waals surface area contributed by atoms with E-state index in [9.17, 15) is 13.0 Å². The molecule has 0 heterocycles. The van der Waals surface area contributed by atoms with Gasteiger partial charge in [0.1, 0.15) is 11.1 Å². The van der Waals surface area contributed by atoms with Gasteiger partial charge in [0.2, 0.25) is 0 Å². The first-order valence-corrected chi connectivity index (χ1v) is 18.0. The lowest BCUT2D eigenvalue weighted by molar-refractivity contribution is 0.198. The standard InChI is InChI=1S/C35H57FO3S/c1-3-5-7-9-10-11-12-13-14-15-16-17-19-21-26-31(25-20-18-8-6-4-2)35(36)34-32-27-23-22-24-30(32)28-29-33(34)40(37,38)39/h22-24,27-29,31,35H,3-21,25-26H2,1-2H3,(H,37,38,39). The molecule has 2 rings (SSSR count). The zero-order valence-electron chi connectivity index (χ0n) is 25.5. The van der Waals surface area contributed by atoms with Gasteiger partial charge in [-0.05, 0) is 35.6 Å². The van der Waals surface area contributed by atoms with E-state index in [1.54, 1.807) is 18.2 Å². The fourth-order valence-corrected chi connectivity index (χ4v) is 6.81. The van der Waals surface area contributed by atoms with Crippen molar-refractivity contribution in [1.82, 2.24) is 0 Å². The van der Waals surface area contributed by atoms with E-state index >= 15 is 4.39 Å². The fourth-order valence-electron chi connectivity index (χ4n) is 6.07.